The van der Waals surface area contributed by atoms with Crippen LogP contribution >= 0.6 is 12.4 Å². The number of halogens is 1. The predicted octanol–water partition coefficient (Wildman–Crippen LogP) is 2.28. The number of rotatable bonds is 2. The largest absolute Gasteiger partial charge is 0.361 e. The summed E-state index contributed by atoms with van der Waals surface area (Å²) in [4.78, 5) is 0. The molecule has 0 bridgehead atoms. The summed E-state index contributed by atoms with van der Waals surface area (Å²) in [7, 11) is 0. The van der Waals surface area contributed by atoms with Gasteiger partial charge in [0.1, 0.15) is 5.76 Å². The molecule has 0 saturated carbocycles. The van der Waals surface area contributed by atoms with E-state index in [1.807, 2.05) is 13.0 Å². The van der Waals surface area contributed by atoms with Gasteiger partial charge in [-0.2, -0.15) is 0 Å². The predicted molar refractivity (Wildman–Crippen MR) is 59.8 cm³/mol. The molecule has 2 N–H and O–H groups in total. The number of nitrogens with zero attached hydrogens (tertiary/aromatic N) is 1. The van der Waals surface area contributed by atoms with Crippen molar-refractivity contribution in [3.63, 3.8) is 0 Å². The van der Waals surface area contributed by atoms with Gasteiger partial charge in [0, 0.05) is 23.9 Å². The molecule has 0 saturated heterocycles. The zero-order chi connectivity index (χ0) is 10.1. The lowest BCUT2D eigenvalue weighted by Gasteiger charge is -2.12. The molecule has 0 aromatic carbocycles. The molecule has 1 rings (SSSR count). The van der Waals surface area contributed by atoms with Gasteiger partial charge in [-0.05, 0) is 6.92 Å². The van der Waals surface area contributed by atoms with Gasteiger partial charge in [0.2, 0.25) is 0 Å². The Bertz CT molecular complexity index is 276. The SMILES string of the molecule is CC(N)Cc1cc(C(C)(C)C)on1.Cl. The molecule has 4 heteroatoms. The maximum Gasteiger partial charge on any atom is 0.142 e. The standard InChI is InChI=1S/C10H18N2O.ClH/c1-7(11)5-8-6-9(13-12-8)10(2,3)4;/h6-7H,5,11H2,1-4H3;1H. The van der Waals surface area contributed by atoms with Gasteiger partial charge < -0.3 is 10.3 Å². The summed E-state index contributed by atoms with van der Waals surface area (Å²) in [5.74, 6) is 0.920. The van der Waals surface area contributed by atoms with Crippen LogP contribution in [0.5, 0.6) is 0 Å². The fourth-order valence-electron chi connectivity index (χ4n) is 1.09. The first kappa shape index (κ1) is 13.5. The van der Waals surface area contributed by atoms with E-state index in [0.717, 1.165) is 17.9 Å². The summed E-state index contributed by atoms with van der Waals surface area (Å²) in [6.45, 7) is 8.26. The molecule has 3 nitrogen and oxygen atoms in total. The minimum Gasteiger partial charge on any atom is -0.361 e. The van der Waals surface area contributed by atoms with Crippen LogP contribution in [0.25, 0.3) is 0 Å². The molecule has 0 fully saturated rings. The lowest BCUT2D eigenvalue weighted by molar-refractivity contribution is 0.325. The minimum atomic E-state index is 0. The van der Waals surface area contributed by atoms with Gasteiger partial charge in [0.15, 0.2) is 0 Å². The highest BCUT2D eigenvalue weighted by atomic mass is 35.5. The van der Waals surface area contributed by atoms with Crippen LogP contribution in [-0.2, 0) is 11.8 Å². The fourth-order valence-corrected chi connectivity index (χ4v) is 1.09. The summed E-state index contributed by atoms with van der Waals surface area (Å²) in [5.41, 5.74) is 6.64. The van der Waals surface area contributed by atoms with Crippen molar-refractivity contribution in [3.8, 4) is 0 Å². The first-order chi connectivity index (χ1) is 5.89. The molecule has 0 aliphatic carbocycles. The van der Waals surface area contributed by atoms with Crippen LogP contribution in [0.3, 0.4) is 0 Å². The molecule has 1 atom stereocenters. The Morgan fingerprint density at radius 1 is 1.50 bits per heavy atom. The van der Waals surface area contributed by atoms with Crippen molar-refractivity contribution in [1.29, 1.82) is 0 Å². The van der Waals surface area contributed by atoms with E-state index < -0.39 is 0 Å². The van der Waals surface area contributed by atoms with Gasteiger partial charge >= 0.3 is 0 Å². The first-order valence-corrected chi connectivity index (χ1v) is 4.61. The van der Waals surface area contributed by atoms with E-state index in [1.165, 1.54) is 0 Å². The maximum atomic E-state index is 5.66. The molecule has 14 heavy (non-hydrogen) atoms. The normalized spacial score (nSPS) is 13.5. The Morgan fingerprint density at radius 2 is 2.07 bits per heavy atom. The van der Waals surface area contributed by atoms with Crippen LogP contribution < -0.4 is 5.73 Å². The third kappa shape index (κ3) is 3.68. The average Bonchev–Trinajstić information content (AvgIpc) is 2.32. The Kier molecular flexibility index (Phi) is 4.62. The van der Waals surface area contributed by atoms with E-state index >= 15 is 0 Å². The van der Waals surface area contributed by atoms with Crippen LogP contribution in [0, 0.1) is 0 Å². The zero-order valence-electron chi connectivity index (χ0n) is 9.20. The van der Waals surface area contributed by atoms with E-state index in [0.29, 0.717) is 0 Å². The topological polar surface area (TPSA) is 52.0 Å². The Morgan fingerprint density at radius 3 is 2.43 bits per heavy atom. The lowest BCUT2D eigenvalue weighted by atomic mass is 9.93. The highest BCUT2D eigenvalue weighted by Gasteiger charge is 2.19. The van der Waals surface area contributed by atoms with Gasteiger partial charge in [-0.1, -0.05) is 25.9 Å². The number of aromatic nitrogens is 1. The van der Waals surface area contributed by atoms with Gasteiger partial charge in [0.05, 0.1) is 5.69 Å². The summed E-state index contributed by atoms with van der Waals surface area (Å²) in [6.07, 6.45) is 0.777. The summed E-state index contributed by atoms with van der Waals surface area (Å²) >= 11 is 0. The van der Waals surface area contributed by atoms with Crippen LogP contribution in [0.2, 0.25) is 0 Å². The van der Waals surface area contributed by atoms with Crippen molar-refractivity contribution in [2.75, 3.05) is 0 Å². The molecule has 0 aliphatic rings. The van der Waals surface area contributed by atoms with Gasteiger partial charge in [0.25, 0.3) is 0 Å². The molecule has 1 heterocycles. The number of hydrogen-bond donors (Lipinski definition) is 1. The Labute approximate surface area is 91.4 Å². The molecule has 1 unspecified atom stereocenters. The molecule has 0 aliphatic heterocycles. The van der Waals surface area contributed by atoms with E-state index in [2.05, 4.69) is 25.9 Å². The second-order valence-corrected chi connectivity index (χ2v) is 4.61. The molecule has 0 radical (unpaired) electrons. The van der Waals surface area contributed by atoms with Gasteiger partial charge in [-0.15, -0.1) is 12.4 Å². The van der Waals surface area contributed by atoms with E-state index in [1.54, 1.807) is 0 Å². The fraction of sp³-hybridized carbons (Fsp3) is 0.700. The summed E-state index contributed by atoms with van der Waals surface area (Å²) < 4.78 is 5.22. The quantitative estimate of drug-likeness (QED) is 0.829. The summed E-state index contributed by atoms with van der Waals surface area (Å²) in [5, 5.41) is 3.97. The Balaban J connectivity index is 0.00000169. The van der Waals surface area contributed by atoms with E-state index in [9.17, 15) is 0 Å². The highest BCUT2D eigenvalue weighted by Crippen LogP contribution is 2.22. The van der Waals surface area contributed by atoms with E-state index in [4.69, 9.17) is 10.3 Å². The van der Waals surface area contributed by atoms with Crippen LogP contribution in [0.1, 0.15) is 39.1 Å². The second kappa shape index (κ2) is 4.80. The van der Waals surface area contributed by atoms with Crippen LogP contribution in [-0.4, -0.2) is 11.2 Å². The summed E-state index contributed by atoms with van der Waals surface area (Å²) in [6, 6.07) is 2.13. The smallest absolute Gasteiger partial charge is 0.142 e. The number of hydrogen-bond acceptors (Lipinski definition) is 3. The van der Waals surface area contributed by atoms with Crippen molar-refractivity contribution >= 4 is 12.4 Å². The number of nitrogens with two attached hydrogens (primary N) is 1. The molecule has 82 valence electrons. The Hall–Kier alpha value is -0.540. The van der Waals surface area contributed by atoms with Crippen molar-refractivity contribution in [2.24, 2.45) is 5.73 Å². The van der Waals surface area contributed by atoms with Gasteiger partial charge in [-0.25, -0.2) is 0 Å². The minimum absolute atomic E-state index is 0. The molecule has 0 spiro atoms. The van der Waals surface area contributed by atoms with Crippen LogP contribution in [0.4, 0.5) is 0 Å². The molecule has 1 aromatic rings. The zero-order valence-corrected chi connectivity index (χ0v) is 10.0. The molecular formula is C10H19ClN2O. The van der Waals surface area contributed by atoms with Crippen molar-refractivity contribution in [2.45, 2.75) is 45.6 Å². The second-order valence-electron chi connectivity index (χ2n) is 4.61. The van der Waals surface area contributed by atoms with Crippen LogP contribution in [0.15, 0.2) is 10.6 Å². The molecule has 0 amide bonds. The van der Waals surface area contributed by atoms with E-state index in [-0.39, 0.29) is 23.9 Å². The third-order valence-electron chi connectivity index (χ3n) is 1.83. The average molecular weight is 219 g/mol. The third-order valence-corrected chi connectivity index (χ3v) is 1.83. The lowest BCUT2D eigenvalue weighted by Crippen LogP contribution is -2.17. The maximum absolute atomic E-state index is 5.66. The van der Waals surface area contributed by atoms with Gasteiger partial charge in [-0.3, -0.25) is 0 Å². The molecule has 1 aromatic heterocycles. The monoisotopic (exact) mass is 218 g/mol. The highest BCUT2D eigenvalue weighted by molar-refractivity contribution is 5.85. The first-order valence-electron chi connectivity index (χ1n) is 4.61. The van der Waals surface area contributed by atoms with Crippen molar-refractivity contribution in [3.05, 3.63) is 17.5 Å². The molecular weight excluding hydrogens is 200 g/mol. The van der Waals surface area contributed by atoms with Crippen molar-refractivity contribution in [1.82, 2.24) is 5.16 Å². The van der Waals surface area contributed by atoms with Crippen molar-refractivity contribution < 1.29 is 4.52 Å².